The van der Waals surface area contributed by atoms with Gasteiger partial charge in [-0.05, 0) is 25.5 Å². The fourth-order valence-electron chi connectivity index (χ4n) is 2.65. The van der Waals surface area contributed by atoms with E-state index in [1.165, 1.54) is 18.2 Å². The number of carboxylic acids is 1. The van der Waals surface area contributed by atoms with E-state index in [4.69, 9.17) is 5.11 Å². The second-order valence-corrected chi connectivity index (χ2v) is 5.25. The summed E-state index contributed by atoms with van der Waals surface area (Å²) in [5.74, 6) is -1.87. The molecular weight excluding hydrogens is 263 g/mol. The van der Waals surface area contributed by atoms with Crippen molar-refractivity contribution < 1.29 is 19.1 Å². The van der Waals surface area contributed by atoms with E-state index in [0.717, 1.165) is 0 Å². The van der Waals surface area contributed by atoms with Crippen molar-refractivity contribution in [2.24, 2.45) is 5.41 Å². The predicted octanol–water partition coefficient (Wildman–Crippen LogP) is 1.49. The number of anilines is 1. The monoisotopic (exact) mass is 280 g/mol. The minimum atomic E-state index is -1.17. The molecule has 5 nitrogen and oxygen atoms in total. The molecule has 1 unspecified atom stereocenters. The third-order valence-electron chi connectivity index (χ3n) is 3.78. The van der Waals surface area contributed by atoms with Crippen LogP contribution in [0.5, 0.6) is 0 Å². The highest BCUT2D eigenvalue weighted by Gasteiger charge is 2.41. The van der Waals surface area contributed by atoms with Gasteiger partial charge in [0, 0.05) is 20.1 Å². The molecule has 0 aromatic heterocycles. The molecule has 6 heteroatoms. The number of carbonyl (C=O) groups excluding carboxylic acids is 1. The number of hydrogen-bond acceptors (Lipinski definition) is 3. The number of halogens is 1. The van der Waals surface area contributed by atoms with Crippen LogP contribution in [0.15, 0.2) is 18.2 Å². The molecule has 0 spiro atoms. The van der Waals surface area contributed by atoms with Crippen molar-refractivity contribution in [2.45, 2.75) is 13.3 Å². The molecule has 1 aliphatic rings. The van der Waals surface area contributed by atoms with Crippen molar-refractivity contribution in [3.8, 4) is 0 Å². The van der Waals surface area contributed by atoms with E-state index in [0.29, 0.717) is 19.5 Å². The van der Waals surface area contributed by atoms with Gasteiger partial charge in [0.2, 0.25) is 5.91 Å². The molecular formula is C14H17FN2O3. The number of hydrogen-bond donors (Lipinski definition) is 2. The number of rotatable bonds is 3. The smallest absolute Gasteiger partial charge is 0.337 e. The Bertz CT molecular complexity index is 561. The number of aromatic carboxylic acids is 1. The summed E-state index contributed by atoms with van der Waals surface area (Å²) in [4.78, 5) is 24.7. The van der Waals surface area contributed by atoms with Crippen molar-refractivity contribution in [2.75, 3.05) is 25.0 Å². The first-order chi connectivity index (χ1) is 9.39. The quantitative estimate of drug-likeness (QED) is 0.880. The van der Waals surface area contributed by atoms with Crippen LogP contribution in [0.4, 0.5) is 10.1 Å². The molecule has 1 aromatic rings. The van der Waals surface area contributed by atoms with Gasteiger partial charge < -0.3 is 15.3 Å². The van der Waals surface area contributed by atoms with Crippen LogP contribution in [0.2, 0.25) is 0 Å². The molecule has 1 saturated heterocycles. The molecule has 20 heavy (non-hydrogen) atoms. The molecule has 2 N–H and O–H groups in total. The van der Waals surface area contributed by atoms with Crippen molar-refractivity contribution in [1.82, 2.24) is 5.32 Å². The predicted molar refractivity (Wildman–Crippen MR) is 72.4 cm³/mol. The highest BCUT2D eigenvalue weighted by atomic mass is 19.1. The van der Waals surface area contributed by atoms with Gasteiger partial charge in [-0.3, -0.25) is 4.79 Å². The van der Waals surface area contributed by atoms with Crippen LogP contribution >= 0.6 is 0 Å². The van der Waals surface area contributed by atoms with E-state index in [2.05, 4.69) is 5.32 Å². The summed E-state index contributed by atoms with van der Waals surface area (Å²) in [5.41, 5.74) is -0.647. The number of amides is 1. The van der Waals surface area contributed by atoms with Gasteiger partial charge in [0.15, 0.2) is 0 Å². The van der Waals surface area contributed by atoms with Crippen LogP contribution in [0.1, 0.15) is 23.7 Å². The zero-order valence-electron chi connectivity index (χ0n) is 11.4. The van der Waals surface area contributed by atoms with Gasteiger partial charge in [-0.1, -0.05) is 6.07 Å². The van der Waals surface area contributed by atoms with E-state index in [1.807, 2.05) is 0 Å². The van der Waals surface area contributed by atoms with Gasteiger partial charge in [0.25, 0.3) is 0 Å². The molecule has 108 valence electrons. The second-order valence-electron chi connectivity index (χ2n) is 5.25. The number of nitrogens with one attached hydrogen (secondary N) is 1. The molecule has 1 atom stereocenters. The Hall–Kier alpha value is -2.11. The van der Waals surface area contributed by atoms with Gasteiger partial charge in [-0.25, -0.2) is 9.18 Å². The normalized spacial score (nSPS) is 21.9. The highest BCUT2D eigenvalue weighted by Crippen LogP contribution is 2.36. The van der Waals surface area contributed by atoms with Gasteiger partial charge in [-0.15, -0.1) is 0 Å². The fourth-order valence-corrected chi connectivity index (χ4v) is 2.65. The Labute approximate surface area is 116 Å². The van der Waals surface area contributed by atoms with Gasteiger partial charge in [0.1, 0.15) is 5.82 Å². The van der Waals surface area contributed by atoms with Crippen LogP contribution in [-0.2, 0) is 4.79 Å². The maximum Gasteiger partial charge on any atom is 0.337 e. The molecule has 0 bridgehead atoms. The van der Waals surface area contributed by atoms with Crippen molar-refractivity contribution in [3.63, 3.8) is 0 Å². The number of carboxylic acid groups (broad SMARTS) is 1. The Morgan fingerprint density at radius 2 is 2.15 bits per heavy atom. The van der Waals surface area contributed by atoms with Crippen LogP contribution in [0.25, 0.3) is 0 Å². The van der Waals surface area contributed by atoms with Crippen molar-refractivity contribution >= 4 is 17.6 Å². The van der Waals surface area contributed by atoms with Crippen molar-refractivity contribution in [1.29, 1.82) is 0 Å². The van der Waals surface area contributed by atoms with Crippen LogP contribution < -0.4 is 10.2 Å². The van der Waals surface area contributed by atoms with Crippen LogP contribution in [0, 0.1) is 11.2 Å². The lowest BCUT2D eigenvalue weighted by Crippen LogP contribution is -2.39. The largest absolute Gasteiger partial charge is 0.478 e. The first kappa shape index (κ1) is 14.3. The molecule has 1 aromatic carbocycles. The maximum atomic E-state index is 14.0. The van der Waals surface area contributed by atoms with E-state index in [-0.39, 0.29) is 17.2 Å². The number of para-hydroxylation sites is 1. The molecule has 1 heterocycles. The van der Waals surface area contributed by atoms with E-state index in [1.54, 1.807) is 18.9 Å². The number of benzene rings is 1. The molecule has 2 rings (SSSR count). The summed E-state index contributed by atoms with van der Waals surface area (Å²) in [6.07, 6.45) is 0.556. The van der Waals surface area contributed by atoms with Gasteiger partial charge >= 0.3 is 5.97 Å². The second kappa shape index (κ2) is 5.11. The SMILES string of the molecule is CNC(=O)C1(C)CCN(c2c(F)cccc2C(=O)O)C1. The zero-order valence-corrected chi connectivity index (χ0v) is 11.4. The molecule has 0 saturated carbocycles. The summed E-state index contributed by atoms with van der Waals surface area (Å²) in [6, 6.07) is 3.98. The third kappa shape index (κ3) is 2.33. The summed E-state index contributed by atoms with van der Waals surface area (Å²) in [5, 5.41) is 11.8. The summed E-state index contributed by atoms with van der Waals surface area (Å²) in [6.45, 7) is 2.55. The summed E-state index contributed by atoms with van der Waals surface area (Å²) in [7, 11) is 1.56. The fraction of sp³-hybridized carbons (Fsp3) is 0.429. The summed E-state index contributed by atoms with van der Waals surface area (Å²) >= 11 is 0. The molecule has 1 amide bonds. The lowest BCUT2D eigenvalue weighted by Gasteiger charge is -2.25. The van der Waals surface area contributed by atoms with E-state index < -0.39 is 17.2 Å². The Kier molecular flexibility index (Phi) is 3.65. The first-order valence-electron chi connectivity index (χ1n) is 6.38. The highest BCUT2D eigenvalue weighted by molar-refractivity contribution is 5.95. The zero-order chi connectivity index (χ0) is 14.9. The Morgan fingerprint density at radius 3 is 2.75 bits per heavy atom. The third-order valence-corrected chi connectivity index (χ3v) is 3.78. The average Bonchev–Trinajstić information content (AvgIpc) is 2.81. The maximum absolute atomic E-state index is 14.0. The van der Waals surface area contributed by atoms with Gasteiger partial charge in [0.05, 0.1) is 16.7 Å². The molecule has 0 radical (unpaired) electrons. The number of nitrogens with zero attached hydrogens (tertiary/aromatic N) is 1. The van der Waals surface area contributed by atoms with Crippen molar-refractivity contribution in [3.05, 3.63) is 29.6 Å². The summed E-state index contributed by atoms with van der Waals surface area (Å²) < 4.78 is 14.0. The topological polar surface area (TPSA) is 69.6 Å². The average molecular weight is 280 g/mol. The van der Waals surface area contributed by atoms with Crippen LogP contribution in [-0.4, -0.2) is 37.1 Å². The van der Waals surface area contributed by atoms with Crippen LogP contribution in [0.3, 0.4) is 0 Å². The van der Waals surface area contributed by atoms with E-state index >= 15 is 0 Å². The Balaban J connectivity index is 2.36. The molecule has 1 fully saturated rings. The standard InChI is InChI=1S/C14H17FN2O3/c1-14(13(20)16-2)6-7-17(8-14)11-9(12(18)19)4-3-5-10(11)15/h3-5H,6-8H2,1-2H3,(H,16,20)(H,18,19). The Morgan fingerprint density at radius 1 is 1.45 bits per heavy atom. The minimum Gasteiger partial charge on any atom is -0.478 e. The van der Waals surface area contributed by atoms with E-state index in [9.17, 15) is 14.0 Å². The van der Waals surface area contributed by atoms with Gasteiger partial charge in [-0.2, -0.15) is 0 Å². The molecule has 0 aliphatic carbocycles. The molecule has 1 aliphatic heterocycles. The lowest BCUT2D eigenvalue weighted by atomic mass is 9.89. The minimum absolute atomic E-state index is 0.0626. The first-order valence-corrected chi connectivity index (χ1v) is 6.38. The number of carbonyl (C=O) groups is 2. The lowest BCUT2D eigenvalue weighted by molar-refractivity contribution is -0.128.